The van der Waals surface area contributed by atoms with Crippen LogP contribution in [-0.2, 0) is 0 Å². The highest BCUT2D eigenvalue weighted by atomic mass is 16.2. The summed E-state index contributed by atoms with van der Waals surface area (Å²) in [5.74, 6) is 0.731. The molecule has 25 heavy (non-hydrogen) atoms. The Morgan fingerprint density at radius 2 is 1.80 bits per heavy atom. The number of anilines is 2. The van der Waals surface area contributed by atoms with Crippen LogP contribution in [-0.4, -0.2) is 34.7 Å². The van der Waals surface area contributed by atoms with Gasteiger partial charge in [-0.2, -0.15) is 0 Å². The number of carbonyl (C=O) groups excluding carboxylic acids is 2. The number of Topliss-reactive ketones (excluding diaryl/α,β-unsaturated/α-hetero) is 1. The molecule has 0 unspecified atom stereocenters. The van der Waals surface area contributed by atoms with E-state index in [1.165, 1.54) is 0 Å². The third-order valence-corrected chi connectivity index (χ3v) is 4.61. The van der Waals surface area contributed by atoms with E-state index in [1.807, 2.05) is 23.1 Å². The third kappa shape index (κ3) is 4.24. The predicted octanol–water partition coefficient (Wildman–Crippen LogP) is 3.90. The molecule has 1 aromatic carbocycles. The first-order valence-electron chi connectivity index (χ1n) is 8.65. The normalized spacial score (nSPS) is 15.0. The Morgan fingerprint density at radius 3 is 2.52 bits per heavy atom. The number of nitrogens with zero attached hydrogens (tertiary/aromatic N) is 2. The van der Waals surface area contributed by atoms with Crippen molar-refractivity contribution in [3.05, 3.63) is 53.9 Å². The highest BCUT2D eigenvalue weighted by Crippen LogP contribution is 2.21. The van der Waals surface area contributed by atoms with Crippen LogP contribution < -0.4 is 5.32 Å². The van der Waals surface area contributed by atoms with E-state index in [4.69, 9.17) is 0 Å². The van der Waals surface area contributed by atoms with E-state index in [2.05, 4.69) is 17.2 Å². The van der Waals surface area contributed by atoms with Crippen molar-refractivity contribution in [3.63, 3.8) is 0 Å². The minimum Gasteiger partial charge on any atom is -0.354 e. The number of rotatable bonds is 4. The molecule has 1 saturated heterocycles. The van der Waals surface area contributed by atoms with E-state index in [9.17, 15) is 9.59 Å². The fourth-order valence-corrected chi connectivity index (χ4v) is 3.00. The fraction of sp³-hybridized carbons (Fsp3) is 0.350. The van der Waals surface area contributed by atoms with E-state index >= 15 is 0 Å². The number of likely N-dealkylation sites (tertiary alicyclic amines) is 1. The molecule has 2 aromatic rings. The summed E-state index contributed by atoms with van der Waals surface area (Å²) in [6.07, 6.45) is 5.39. The zero-order chi connectivity index (χ0) is 17.8. The minimum absolute atomic E-state index is 0.0185. The van der Waals surface area contributed by atoms with E-state index in [1.54, 1.807) is 31.5 Å². The van der Waals surface area contributed by atoms with E-state index in [0.717, 1.165) is 37.3 Å². The Kier molecular flexibility index (Phi) is 5.12. The van der Waals surface area contributed by atoms with Crippen molar-refractivity contribution in [3.8, 4) is 0 Å². The number of carbonyl (C=O) groups is 2. The Bertz CT molecular complexity index is 780. The van der Waals surface area contributed by atoms with Crippen molar-refractivity contribution in [2.45, 2.75) is 26.7 Å². The van der Waals surface area contributed by atoms with Crippen molar-refractivity contribution < 1.29 is 9.59 Å². The molecule has 5 nitrogen and oxygen atoms in total. The maximum Gasteiger partial charge on any atom is 0.255 e. The molecular weight excluding hydrogens is 314 g/mol. The minimum atomic E-state index is 0.0185. The number of piperidine rings is 1. The Morgan fingerprint density at radius 1 is 1.08 bits per heavy atom. The molecule has 1 aliphatic rings. The van der Waals surface area contributed by atoms with Crippen LogP contribution in [0.2, 0.25) is 0 Å². The van der Waals surface area contributed by atoms with Crippen LogP contribution in [0, 0.1) is 5.92 Å². The molecule has 0 bridgehead atoms. The van der Waals surface area contributed by atoms with Gasteiger partial charge in [0, 0.05) is 30.5 Å². The van der Waals surface area contributed by atoms with Gasteiger partial charge < -0.3 is 10.2 Å². The number of amides is 1. The number of pyridine rings is 1. The monoisotopic (exact) mass is 337 g/mol. The number of hydrogen-bond acceptors (Lipinski definition) is 4. The molecule has 3 rings (SSSR count). The van der Waals surface area contributed by atoms with E-state index in [-0.39, 0.29) is 11.7 Å². The van der Waals surface area contributed by atoms with Gasteiger partial charge in [0.05, 0.1) is 17.4 Å². The highest BCUT2D eigenvalue weighted by molar-refractivity contribution is 5.96. The SMILES string of the molecule is CC(=O)c1cccc(Nc2cncc(C(=O)N3CCC(C)CC3)c2)c1. The van der Waals surface area contributed by atoms with E-state index in [0.29, 0.717) is 17.0 Å². The second-order valence-corrected chi connectivity index (χ2v) is 6.70. The first-order valence-corrected chi connectivity index (χ1v) is 8.65. The average molecular weight is 337 g/mol. The summed E-state index contributed by atoms with van der Waals surface area (Å²) in [6, 6.07) is 9.10. The maximum absolute atomic E-state index is 12.7. The summed E-state index contributed by atoms with van der Waals surface area (Å²) in [4.78, 5) is 30.3. The lowest BCUT2D eigenvalue weighted by Gasteiger charge is -2.30. The number of hydrogen-bond donors (Lipinski definition) is 1. The second-order valence-electron chi connectivity index (χ2n) is 6.70. The quantitative estimate of drug-likeness (QED) is 0.860. The van der Waals surface area contributed by atoms with Crippen LogP contribution in [0.4, 0.5) is 11.4 Å². The predicted molar refractivity (Wildman–Crippen MR) is 98.3 cm³/mol. The Hall–Kier alpha value is -2.69. The molecule has 5 heteroatoms. The smallest absolute Gasteiger partial charge is 0.255 e. The van der Waals surface area contributed by atoms with Crippen LogP contribution in [0.15, 0.2) is 42.7 Å². The zero-order valence-electron chi connectivity index (χ0n) is 14.7. The molecule has 1 N–H and O–H groups in total. The zero-order valence-corrected chi connectivity index (χ0v) is 14.7. The molecule has 1 aliphatic heterocycles. The lowest BCUT2D eigenvalue weighted by molar-refractivity contribution is 0.0696. The highest BCUT2D eigenvalue weighted by Gasteiger charge is 2.21. The van der Waals surface area contributed by atoms with Gasteiger partial charge >= 0.3 is 0 Å². The standard InChI is InChI=1S/C20H23N3O2/c1-14-6-8-23(9-7-14)20(25)17-11-19(13-21-12-17)22-18-5-3-4-16(10-18)15(2)24/h3-5,10-14,22H,6-9H2,1-2H3. The molecule has 130 valence electrons. The average Bonchev–Trinajstić information content (AvgIpc) is 2.62. The van der Waals surface area contributed by atoms with Gasteiger partial charge in [0.15, 0.2) is 5.78 Å². The van der Waals surface area contributed by atoms with Gasteiger partial charge in [-0.25, -0.2) is 0 Å². The van der Waals surface area contributed by atoms with Crippen molar-refractivity contribution in [2.24, 2.45) is 5.92 Å². The number of aromatic nitrogens is 1. The first kappa shape index (κ1) is 17.1. The second kappa shape index (κ2) is 7.47. The number of nitrogens with one attached hydrogen (secondary N) is 1. The lowest BCUT2D eigenvalue weighted by Crippen LogP contribution is -2.37. The number of benzene rings is 1. The van der Waals surface area contributed by atoms with Crippen LogP contribution in [0.5, 0.6) is 0 Å². The summed E-state index contributed by atoms with van der Waals surface area (Å²) >= 11 is 0. The summed E-state index contributed by atoms with van der Waals surface area (Å²) in [5, 5.41) is 3.22. The van der Waals surface area contributed by atoms with Crippen molar-refractivity contribution in [1.29, 1.82) is 0 Å². The summed E-state index contributed by atoms with van der Waals surface area (Å²) < 4.78 is 0. The molecule has 2 heterocycles. The Labute approximate surface area is 148 Å². The largest absolute Gasteiger partial charge is 0.354 e. The molecule has 0 aliphatic carbocycles. The molecule has 0 atom stereocenters. The molecule has 1 amide bonds. The topological polar surface area (TPSA) is 62.3 Å². The van der Waals surface area contributed by atoms with Gasteiger partial charge in [0.2, 0.25) is 0 Å². The summed E-state index contributed by atoms with van der Waals surface area (Å²) in [5.41, 5.74) is 2.76. The van der Waals surface area contributed by atoms with Crippen LogP contribution in [0.1, 0.15) is 47.4 Å². The van der Waals surface area contributed by atoms with E-state index < -0.39 is 0 Å². The van der Waals surface area contributed by atoms with Crippen LogP contribution >= 0.6 is 0 Å². The van der Waals surface area contributed by atoms with Gasteiger partial charge in [0.1, 0.15) is 0 Å². The molecule has 1 aromatic heterocycles. The lowest BCUT2D eigenvalue weighted by atomic mass is 9.99. The third-order valence-electron chi connectivity index (χ3n) is 4.61. The molecule has 1 fully saturated rings. The van der Waals surface area contributed by atoms with Crippen LogP contribution in [0.25, 0.3) is 0 Å². The molecular formula is C20H23N3O2. The van der Waals surface area contributed by atoms with Gasteiger partial charge in [-0.1, -0.05) is 19.1 Å². The molecule has 0 radical (unpaired) electrons. The summed E-state index contributed by atoms with van der Waals surface area (Å²) in [6.45, 7) is 5.37. The maximum atomic E-state index is 12.7. The number of ketones is 1. The van der Waals surface area contributed by atoms with Gasteiger partial charge in [-0.3, -0.25) is 14.6 Å². The van der Waals surface area contributed by atoms with Crippen molar-refractivity contribution >= 4 is 23.1 Å². The summed E-state index contributed by atoms with van der Waals surface area (Å²) in [7, 11) is 0. The molecule has 0 spiro atoms. The van der Waals surface area contributed by atoms with Gasteiger partial charge in [-0.15, -0.1) is 0 Å². The van der Waals surface area contributed by atoms with Gasteiger partial charge in [-0.05, 0) is 43.9 Å². The molecule has 0 saturated carbocycles. The van der Waals surface area contributed by atoms with Gasteiger partial charge in [0.25, 0.3) is 5.91 Å². The Balaban J connectivity index is 1.74. The van der Waals surface area contributed by atoms with Crippen molar-refractivity contribution in [1.82, 2.24) is 9.88 Å². The van der Waals surface area contributed by atoms with Crippen molar-refractivity contribution in [2.75, 3.05) is 18.4 Å². The fourth-order valence-electron chi connectivity index (χ4n) is 3.00. The van der Waals surface area contributed by atoms with Crippen LogP contribution in [0.3, 0.4) is 0 Å². The first-order chi connectivity index (χ1) is 12.0.